The van der Waals surface area contributed by atoms with Gasteiger partial charge < -0.3 is 5.32 Å². The Labute approximate surface area is 141 Å². The standard InChI is InChI=1S/C14H10Cl3N3O2/c15-8-2-1-3-10(6-8)18-14(22)20-19-13(21)11-5-4-9(16)7-12(11)17/h1-7H,(H,19,21)(H2,18,20,22). The molecule has 0 aliphatic rings. The molecule has 2 aromatic carbocycles. The summed E-state index contributed by atoms with van der Waals surface area (Å²) in [4.78, 5) is 23.5. The van der Waals surface area contributed by atoms with Gasteiger partial charge in [0.05, 0.1) is 10.6 Å². The van der Waals surface area contributed by atoms with E-state index in [9.17, 15) is 9.59 Å². The minimum atomic E-state index is -0.624. The molecule has 2 aromatic rings. The number of amides is 3. The highest BCUT2D eigenvalue weighted by Gasteiger charge is 2.11. The van der Waals surface area contributed by atoms with Crippen molar-refractivity contribution in [1.29, 1.82) is 0 Å². The van der Waals surface area contributed by atoms with E-state index in [1.807, 2.05) is 0 Å². The molecule has 3 amide bonds. The van der Waals surface area contributed by atoms with Gasteiger partial charge in [0.15, 0.2) is 0 Å². The largest absolute Gasteiger partial charge is 0.337 e. The lowest BCUT2D eigenvalue weighted by molar-refractivity contribution is 0.0938. The van der Waals surface area contributed by atoms with Crippen LogP contribution in [0, 0.1) is 0 Å². The highest BCUT2D eigenvalue weighted by molar-refractivity contribution is 6.36. The Morgan fingerprint density at radius 1 is 0.864 bits per heavy atom. The molecule has 0 unspecified atom stereocenters. The average molecular weight is 359 g/mol. The van der Waals surface area contributed by atoms with E-state index in [0.717, 1.165) is 0 Å². The van der Waals surface area contributed by atoms with Crippen LogP contribution in [0.5, 0.6) is 0 Å². The number of anilines is 1. The second-order valence-electron chi connectivity index (χ2n) is 4.17. The van der Waals surface area contributed by atoms with Crippen LogP contribution in [0.15, 0.2) is 42.5 Å². The number of nitrogens with one attached hydrogen (secondary N) is 3. The number of hydrazine groups is 1. The number of carbonyl (C=O) groups is 2. The molecule has 0 aliphatic heterocycles. The van der Waals surface area contributed by atoms with Crippen molar-refractivity contribution in [2.45, 2.75) is 0 Å². The molecule has 0 atom stereocenters. The first-order chi connectivity index (χ1) is 10.5. The summed E-state index contributed by atoms with van der Waals surface area (Å²) in [5.74, 6) is -0.567. The van der Waals surface area contributed by atoms with Gasteiger partial charge in [0.25, 0.3) is 5.91 Å². The van der Waals surface area contributed by atoms with Gasteiger partial charge in [-0.2, -0.15) is 0 Å². The van der Waals surface area contributed by atoms with Crippen LogP contribution in [0.2, 0.25) is 15.1 Å². The molecule has 0 aromatic heterocycles. The number of benzene rings is 2. The Balaban J connectivity index is 1.92. The number of carbonyl (C=O) groups excluding carboxylic acids is 2. The zero-order valence-corrected chi connectivity index (χ0v) is 13.3. The fourth-order valence-electron chi connectivity index (χ4n) is 1.58. The van der Waals surface area contributed by atoms with E-state index in [1.54, 1.807) is 24.3 Å². The molecule has 0 aliphatic carbocycles. The third-order valence-corrected chi connectivity index (χ3v) is 3.33. The van der Waals surface area contributed by atoms with Crippen LogP contribution >= 0.6 is 34.8 Å². The maximum atomic E-state index is 11.9. The first kappa shape index (κ1) is 16.4. The second kappa shape index (κ2) is 7.35. The van der Waals surface area contributed by atoms with Crippen molar-refractivity contribution >= 4 is 52.4 Å². The van der Waals surface area contributed by atoms with Crippen LogP contribution in [0.3, 0.4) is 0 Å². The Morgan fingerprint density at radius 2 is 1.59 bits per heavy atom. The number of halogens is 3. The molecule has 2 rings (SSSR count). The van der Waals surface area contributed by atoms with Gasteiger partial charge >= 0.3 is 6.03 Å². The van der Waals surface area contributed by atoms with Crippen LogP contribution in [0.4, 0.5) is 10.5 Å². The van der Waals surface area contributed by atoms with E-state index in [1.165, 1.54) is 18.2 Å². The molecule has 0 saturated heterocycles. The van der Waals surface area contributed by atoms with Gasteiger partial charge in [0, 0.05) is 15.7 Å². The van der Waals surface area contributed by atoms with Crippen molar-refractivity contribution < 1.29 is 9.59 Å². The van der Waals surface area contributed by atoms with Crippen LogP contribution < -0.4 is 16.2 Å². The molecule has 22 heavy (non-hydrogen) atoms. The van der Waals surface area contributed by atoms with Gasteiger partial charge in [-0.05, 0) is 36.4 Å². The molecule has 3 N–H and O–H groups in total. The summed E-state index contributed by atoms with van der Waals surface area (Å²) in [6.07, 6.45) is 0. The van der Waals surface area contributed by atoms with E-state index in [-0.39, 0.29) is 10.6 Å². The van der Waals surface area contributed by atoms with Crippen molar-refractivity contribution in [3.63, 3.8) is 0 Å². The number of urea groups is 1. The van der Waals surface area contributed by atoms with Crippen molar-refractivity contribution in [2.75, 3.05) is 5.32 Å². The predicted molar refractivity (Wildman–Crippen MR) is 87.5 cm³/mol. The Hall–Kier alpha value is -1.95. The maximum Gasteiger partial charge on any atom is 0.337 e. The van der Waals surface area contributed by atoms with Crippen LogP contribution in [0.25, 0.3) is 0 Å². The third-order valence-electron chi connectivity index (χ3n) is 2.55. The molecule has 0 saturated carbocycles. The summed E-state index contributed by atoms with van der Waals surface area (Å²) in [6, 6.07) is 10.4. The molecule has 0 radical (unpaired) electrons. The molecule has 0 bridgehead atoms. The quantitative estimate of drug-likeness (QED) is 0.707. The fraction of sp³-hybridized carbons (Fsp3) is 0. The molecule has 0 fully saturated rings. The van der Waals surface area contributed by atoms with Crippen molar-refractivity contribution in [3.05, 3.63) is 63.1 Å². The molecule has 114 valence electrons. The van der Waals surface area contributed by atoms with Crippen LogP contribution in [-0.2, 0) is 0 Å². The number of rotatable bonds is 2. The van der Waals surface area contributed by atoms with Gasteiger partial charge in [0.1, 0.15) is 0 Å². The SMILES string of the molecule is O=C(NNC(=O)c1ccc(Cl)cc1Cl)Nc1cccc(Cl)c1. The van der Waals surface area contributed by atoms with Gasteiger partial charge in [-0.25, -0.2) is 10.2 Å². The smallest absolute Gasteiger partial charge is 0.307 e. The summed E-state index contributed by atoms with van der Waals surface area (Å²) < 4.78 is 0. The van der Waals surface area contributed by atoms with Gasteiger partial charge in [-0.3, -0.25) is 10.2 Å². The van der Waals surface area contributed by atoms with Crippen molar-refractivity contribution in [1.82, 2.24) is 10.9 Å². The average Bonchev–Trinajstić information content (AvgIpc) is 2.45. The molecule has 8 heteroatoms. The summed E-state index contributed by atoms with van der Waals surface area (Å²) in [6.45, 7) is 0. The minimum Gasteiger partial charge on any atom is -0.307 e. The Kier molecular flexibility index (Phi) is 5.49. The lowest BCUT2D eigenvalue weighted by atomic mass is 10.2. The first-order valence-corrected chi connectivity index (χ1v) is 7.17. The lowest BCUT2D eigenvalue weighted by Gasteiger charge is -2.10. The van der Waals surface area contributed by atoms with Crippen LogP contribution in [0.1, 0.15) is 10.4 Å². The van der Waals surface area contributed by atoms with E-state index in [2.05, 4.69) is 16.2 Å². The first-order valence-electron chi connectivity index (χ1n) is 6.03. The lowest BCUT2D eigenvalue weighted by Crippen LogP contribution is -2.44. The fourth-order valence-corrected chi connectivity index (χ4v) is 2.27. The molecular weight excluding hydrogens is 349 g/mol. The minimum absolute atomic E-state index is 0.182. The zero-order chi connectivity index (χ0) is 16.1. The van der Waals surface area contributed by atoms with E-state index in [0.29, 0.717) is 15.7 Å². The molecule has 0 heterocycles. The van der Waals surface area contributed by atoms with Gasteiger partial charge in [-0.1, -0.05) is 40.9 Å². The topological polar surface area (TPSA) is 70.2 Å². The molecule has 0 spiro atoms. The Morgan fingerprint density at radius 3 is 2.27 bits per heavy atom. The molecular formula is C14H10Cl3N3O2. The van der Waals surface area contributed by atoms with Crippen molar-refractivity contribution in [3.8, 4) is 0 Å². The van der Waals surface area contributed by atoms with E-state index < -0.39 is 11.9 Å². The summed E-state index contributed by atoms with van der Waals surface area (Å²) >= 11 is 17.4. The highest BCUT2D eigenvalue weighted by atomic mass is 35.5. The maximum absolute atomic E-state index is 11.9. The zero-order valence-electron chi connectivity index (χ0n) is 11.0. The highest BCUT2D eigenvalue weighted by Crippen LogP contribution is 2.20. The third kappa shape index (κ3) is 4.53. The van der Waals surface area contributed by atoms with Crippen LogP contribution in [-0.4, -0.2) is 11.9 Å². The van der Waals surface area contributed by atoms with E-state index >= 15 is 0 Å². The van der Waals surface area contributed by atoms with Gasteiger partial charge in [-0.15, -0.1) is 0 Å². The predicted octanol–water partition coefficient (Wildman–Crippen LogP) is 4.11. The summed E-state index contributed by atoms with van der Waals surface area (Å²) in [7, 11) is 0. The monoisotopic (exact) mass is 357 g/mol. The van der Waals surface area contributed by atoms with E-state index in [4.69, 9.17) is 34.8 Å². The Bertz CT molecular complexity index is 722. The van der Waals surface area contributed by atoms with Crippen molar-refractivity contribution in [2.24, 2.45) is 0 Å². The summed E-state index contributed by atoms with van der Waals surface area (Å²) in [5, 5.41) is 3.58. The van der Waals surface area contributed by atoms with Gasteiger partial charge in [0.2, 0.25) is 0 Å². The second-order valence-corrected chi connectivity index (χ2v) is 5.45. The number of hydrogen-bond donors (Lipinski definition) is 3. The number of hydrogen-bond acceptors (Lipinski definition) is 2. The molecule has 5 nitrogen and oxygen atoms in total. The normalized spacial score (nSPS) is 9.95. The summed E-state index contributed by atoms with van der Waals surface area (Å²) in [5.41, 5.74) is 5.12.